The lowest BCUT2D eigenvalue weighted by Gasteiger charge is -2.24. The van der Waals surface area contributed by atoms with E-state index in [1.807, 2.05) is 25.1 Å². The third-order valence-electron chi connectivity index (χ3n) is 4.84. The fourth-order valence-electron chi connectivity index (χ4n) is 3.03. The monoisotopic (exact) mass is 385 g/mol. The van der Waals surface area contributed by atoms with E-state index in [-0.39, 0.29) is 5.91 Å². The maximum absolute atomic E-state index is 12.6. The maximum Gasteiger partial charge on any atom is 0.261 e. The van der Waals surface area contributed by atoms with E-state index in [1.54, 1.807) is 28.6 Å². The van der Waals surface area contributed by atoms with Gasteiger partial charge in [-0.1, -0.05) is 18.9 Å². The molecular formula is C19H23N5O2S. The van der Waals surface area contributed by atoms with E-state index in [1.165, 1.54) is 24.2 Å². The van der Waals surface area contributed by atoms with Crippen molar-refractivity contribution in [1.29, 1.82) is 0 Å². The van der Waals surface area contributed by atoms with Gasteiger partial charge in [-0.15, -0.1) is 11.3 Å². The van der Waals surface area contributed by atoms with E-state index in [2.05, 4.69) is 15.4 Å². The van der Waals surface area contributed by atoms with Crippen LogP contribution < -0.4 is 10.2 Å². The zero-order valence-electron chi connectivity index (χ0n) is 15.2. The molecule has 1 aliphatic carbocycles. The molecule has 1 atom stereocenters. The second-order valence-electron chi connectivity index (χ2n) is 7.02. The van der Waals surface area contributed by atoms with Crippen molar-refractivity contribution < 1.29 is 9.90 Å². The lowest BCUT2D eigenvalue weighted by atomic mass is 10.2. The second-order valence-corrected chi connectivity index (χ2v) is 8.05. The first-order valence-corrected chi connectivity index (χ1v) is 9.98. The number of hydrogen-bond acceptors (Lipinski definition) is 7. The average Bonchev–Trinajstić information content (AvgIpc) is 3.33. The van der Waals surface area contributed by atoms with Gasteiger partial charge in [0, 0.05) is 25.5 Å². The molecule has 4 rings (SSSR count). The molecular weight excluding hydrogens is 362 g/mol. The van der Waals surface area contributed by atoms with Gasteiger partial charge in [0.05, 0.1) is 4.88 Å². The quantitative estimate of drug-likeness (QED) is 0.765. The number of aryl methyl sites for hydroxylation is 1. The van der Waals surface area contributed by atoms with Gasteiger partial charge < -0.3 is 10.4 Å². The van der Waals surface area contributed by atoms with Crippen molar-refractivity contribution in [3.8, 4) is 0 Å². The van der Waals surface area contributed by atoms with Crippen LogP contribution in [0.5, 0.6) is 0 Å². The Morgan fingerprint density at radius 1 is 1.44 bits per heavy atom. The van der Waals surface area contributed by atoms with Gasteiger partial charge in [0.25, 0.3) is 5.91 Å². The number of nitrogens with one attached hydrogen (secondary N) is 1. The fourth-order valence-corrected chi connectivity index (χ4v) is 4.11. The molecule has 0 radical (unpaired) electrons. The number of aliphatic hydroxyl groups is 1. The number of nitrogens with zero attached hydrogens (tertiary/aromatic N) is 4. The number of carbonyl (C=O) groups excluding carboxylic acids is 1. The number of rotatable bonds is 7. The Hall–Kier alpha value is -2.45. The van der Waals surface area contributed by atoms with Crippen molar-refractivity contribution in [2.24, 2.45) is 11.0 Å². The zero-order valence-corrected chi connectivity index (χ0v) is 16.0. The van der Waals surface area contributed by atoms with Gasteiger partial charge in [-0.2, -0.15) is 5.10 Å². The van der Waals surface area contributed by atoms with Crippen molar-refractivity contribution in [3.05, 3.63) is 46.6 Å². The third-order valence-corrected chi connectivity index (χ3v) is 6.09. The summed E-state index contributed by atoms with van der Waals surface area (Å²) in [6.45, 7) is 3.09. The van der Waals surface area contributed by atoms with E-state index in [4.69, 9.17) is 0 Å². The van der Waals surface area contributed by atoms with E-state index >= 15 is 0 Å². The van der Waals surface area contributed by atoms with Crippen molar-refractivity contribution in [3.63, 3.8) is 0 Å². The Labute approximate surface area is 162 Å². The van der Waals surface area contributed by atoms with Crippen LogP contribution >= 0.6 is 11.3 Å². The normalized spacial score (nSPS) is 19.0. The summed E-state index contributed by atoms with van der Waals surface area (Å²) in [4.78, 5) is 19.0. The molecule has 8 heteroatoms. The maximum atomic E-state index is 12.6. The molecule has 2 aromatic heterocycles. The molecule has 2 aromatic rings. The van der Waals surface area contributed by atoms with Crippen LogP contribution in [-0.2, 0) is 6.54 Å². The number of carbonyl (C=O) groups is 1. The molecule has 3 heterocycles. The zero-order chi connectivity index (χ0) is 18.8. The van der Waals surface area contributed by atoms with Crippen molar-refractivity contribution in [2.75, 3.05) is 11.4 Å². The lowest BCUT2D eigenvalue weighted by Crippen LogP contribution is -2.39. The number of aliphatic hydroxyl groups excluding tert-OH is 1. The highest BCUT2D eigenvalue weighted by molar-refractivity contribution is 7.18. The molecule has 1 aliphatic heterocycles. The molecule has 1 amide bonds. The minimum absolute atomic E-state index is 0.121. The molecule has 2 N–H and O–H groups in total. The van der Waals surface area contributed by atoms with Gasteiger partial charge in [0.2, 0.25) is 6.35 Å². The van der Waals surface area contributed by atoms with Gasteiger partial charge in [-0.25, -0.2) is 5.01 Å². The highest BCUT2D eigenvalue weighted by atomic mass is 32.1. The third kappa shape index (κ3) is 4.12. The minimum Gasteiger partial charge on any atom is -0.355 e. The number of pyridine rings is 1. The summed E-state index contributed by atoms with van der Waals surface area (Å²) in [5.41, 5.74) is 1.84. The second kappa shape index (κ2) is 7.66. The minimum atomic E-state index is -0.812. The molecule has 27 heavy (non-hydrogen) atoms. The molecule has 2 aliphatic rings. The Balaban J connectivity index is 1.39. The summed E-state index contributed by atoms with van der Waals surface area (Å²) in [7, 11) is 0. The first kappa shape index (κ1) is 17.9. The van der Waals surface area contributed by atoms with Crippen LogP contribution in [0.15, 0.2) is 35.7 Å². The summed E-state index contributed by atoms with van der Waals surface area (Å²) in [6, 6.07) is 5.69. The van der Waals surface area contributed by atoms with E-state index in [0.717, 1.165) is 35.0 Å². The number of aromatic nitrogens is 1. The number of hydrogen-bond donors (Lipinski definition) is 2. The summed E-state index contributed by atoms with van der Waals surface area (Å²) in [6.07, 6.45) is 7.91. The lowest BCUT2D eigenvalue weighted by molar-refractivity contribution is 0.0257. The topological polar surface area (TPSA) is 81.1 Å². The van der Waals surface area contributed by atoms with Crippen LogP contribution in [0.2, 0.25) is 0 Å². The molecule has 1 fully saturated rings. The Bertz CT molecular complexity index is 834. The van der Waals surface area contributed by atoms with Gasteiger partial charge in [0.1, 0.15) is 11.3 Å². The van der Waals surface area contributed by atoms with Crippen molar-refractivity contribution in [1.82, 2.24) is 15.3 Å². The van der Waals surface area contributed by atoms with Crippen molar-refractivity contribution >= 4 is 28.6 Å². The summed E-state index contributed by atoms with van der Waals surface area (Å²) < 4.78 is 0. The molecule has 1 saturated carbocycles. The van der Waals surface area contributed by atoms with Crippen LogP contribution in [0.1, 0.15) is 40.1 Å². The molecule has 0 spiro atoms. The highest BCUT2D eigenvalue weighted by Crippen LogP contribution is 2.35. The molecule has 0 aromatic carbocycles. The number of amides is 1. The summed E-state index contributed by atoms with van der Waals surface area (Å²) >= 11 is 1.36. The standard InChI is InChI=1S/C19H23N5O2S/c1-13-9-16(23-12-22-24(19(23)26)8-6-14-4-5-14)27-17(13)18(25)21-11-15-3-2-7-20-10-15/h2-3,7,9-10,12,14,19,26H,4-6,8,11H2,1H3,(H,21,25). The van der Waals surface area contributed by atoms with Crippen LogP contribution in [0, 0.1) is 12.8 Å². The SMILES string of the molecule is Cc1cc(N2C=NN(CCC3CC3)C2O)sc1C(=O)NCc1cccnc1. The highest BCUT2D eigenvalue weighted by Gasteiger charge is 2.30. The summed E-state index contributed by atoms with van der Waals surface area (Å²) in [5.74, 6) is 0.671. The Morgan fingerprint density at radius 2 is 2.30 bits per heavy atom. The number of anilines is 1. The van der Waals surface area contributed by atoms with Gasteiger partial charge in [-0.3, -0.25) is 14.7 Å². The smallest absolute Gasteiger partial charge is 0.261 e. The van der Waals surface area contributed by atoms with E-state index < -0.39 is 6.35 Å². The Kier molecular flexibility index (Phi) is 5.09. The number of thiophene rings is 1. The van der Waals surface area contributed by atoms with E-state index in [9.17, 15) is 9.90 Å². The molecule has 142 valence electrons. The van der Waals surface area contributed by atoms with Crippen LogP contribution in [0.25, 0.3) is 0 Å². The van der Waals surface area contributed by atoms with Crippen LogP contribution in [0.3, 0.4) is 0 Å². The van der Waals surface area contributed by atoms with Gasteiger partial charge >= 0.3 is 0 Å². The summed E-state index contributed by atoms with van der Waals surface area (Å²) in [5, 5.41) is 20.3. The molecule has 1 unspecified atom stereocenters. The largest absolute Gasteiger partial charge is 0.355 e. The van der Waals surface area contributed by atoms with E-state index in [0.29, 0.717) is 11.4 Å². The van der Waals surface area contributed by atoms with Crippen LogP contribution in [0.4, 0.5) is 5.00 Å². The Morgan fingerprint density at radius 3 is 3.04 bits per heavy atom. The number of hydrazone groups is 1. The van der Waals surface area contributed by atoms with Gasteiger partial charge in [0.15, 0.2) is 0 Å². The molecule has 7 nitrogen and oxygen atoms in total. The average molecular weight is 385 g/mol. The molecule has 0 bridgehead atoms. The first-order valence-electron chi connectivity index (χ1n) is 9.16. The predicted octanol–water partition coefficient (Wildman–Crippen LogP) is 2.52. The predicted molar refractivity (Wildman–Crippen MR) is 105 cm³/mol. The first-order chi connectivity index (χ1) is 13.1. The van der Waals surface area contributed by atoms with Gasteiger partial charge in [-0.05, 0) is 42.5 Å². The van der Waals surface area contributed by atoms with Crippen LogP contribution in [-0.4, -0.2) is 40.2 Å². The fraction of sp³-hybridized carbons (Fsp3) is 0.421. The van der Waals surface area contributed by atoms with Crippen molar-refractivity contribution in [2.45, 2.75) is 39.1 Å². The molecule has 0 saturated heterocycles.